The van der Waals surface area contributed by atoms with Gasteiger partial charge in [0.1, 0.15) is 6.26 Å². The number of hydrogen-bond acceptors (Lipinski definition) is 4. The highest BCUT2D eigenvalue weighted by Gasteiger charge is 2.28. The second-order valence-electron chi connectivity index (χ2n) is 5.80. The summed E-state index contributed by atoms with van der Waals surface area (Å²) in [6, 6.07) is 9.49. The molecular formula is C18H20N2O3S. The van der Waals surface area contributed by atoms with Crippen LogP contribution in [-0.4, -0.2) is 36.1 Å². The zero-order valence-electron chi connectivity index (χ0n) is 13.5. The van der Waals surface area contributed by atoms with Crippen LogP contribution in [0, 0.1) is 5.92 Å². The van der Waals surface area contributed by atoms with Crippen molar-refractivity contribution in [3.63, 3.8) is 0 Å². The van der Waals surface area contributed by atoms with Gasteiger partial charge < -0.3 is 14.6 Å². The zero-order chi connectivity index (χ0) is 16.9. The van der Waals surface area contributed by atoms with E-state index in [0.29, 0.717) is 31.5 Å². The van der Waals surface area contributed by atoms with Crippen LogP contribution in [0.5, 0.6) is 0 Å². The molecular weight excluding hydrogens is 324 g/mol. The van der Waals surface area contributed by atoms with Crippen LogP contribution >= 0.6 is 11.8 Å². The number of amides is 2. The zero-order valence-corrected chi connectivity index (χ0v) is 14.3. The molecule has 0 radical (unpaired) electrons. The van der Waals surface area contributed by atoms with Gasteiger partial charge in [0, 0.05) is 29.6 Å². The summed E-state index contributed by atoms with van der Waals surface area (Å²) in [4.78, 5) is 27.6. The van der Waals surface area contributed by atoms with Crippen LogP contribution in [-0.2, 0) is 4.79 Å². The summed E-state index contributed by atoms with van der Waals surface area (Å²) >= 11 is 1.67. The highest BCUT2D eigenvalue weighted by atomic mass is 32.2. The van der Waals surface area contributed by atoms with Crippen molar-refractivity contribution >= 4 is 29.3 Å². The Hall–Kier alpha value is -2.21. The van der Waals surface area contributed by atoms with Crippen molar-refractivity contribution in [1.29, 1.82) is 0 Å². The molecule has 1 fully saturated rings. The van der Waals surface area contributed by atoms with Gasteiger partial charge in [0.15, 0.2) is 0 Å². The number of nitrogens with zero attached hydrogens (tertiary/aromatic N) is 1. The van der Waals surface area contributed by atoms with Gasteiger partial charge in [-0.25, -0.2) is 0 Å². The Labute approximate surface area is 145 Å². The summed E-state index contributed by atoms with van der Waals surface area (Å²) < 4.78 is 4.96. The highest BCUT2D eigenvalue weighted by molar-refractivity contribution is 7.98. The van der Waals surface area contributed by atoms with Crippen molar-refractivity contribution in [2.24, 2.45) is 5.92 Å². The molecule has 0 spiro atoms. The standard InChI is InChI=1S/C18H20N2O3S/c1-24-16-4-2-15(3-5-16)19-17(21)13-6-9-20(10-7-13)18(22)14-8-11-23-12-14/h2-5,8,11-13H,6-7,9-10H2,1H3,(H,19,21). The number of benzene rings is 1. The van der Waals surface area contributed by atoms with Gasteiger partial charge in [0.25, 0.3) is 5.91 Å². The lowest BCUT2D eigenvalue weighted by molar-refractivity contribution is -0.121. The number of likely N-dealkylation sites (tertiary alicyclic amines) is 1. The number of rotatable bonds is 4. The maximum Gasteiger partial charge on any atom is 0.257 e. The van der Waals surface area contributed by atoms with E-state index in [4.69, 9.17) is 4.42 Å². The second-order valence-corrected chi connectivity index (χ2v) is 6.68. The van der Waals surface area contributed by atoms with Gasteiger partial charge in [-0.3, -0.25) is 9.59 Å². The Kier molecular flexibility index (Phi) is 5.25. The number of nitrogens with one attached hydrogen (secondary N) is 1. The lowest BCUT2D eigenvalue weighted by Crippen LogP contribution is -2.41. The Morgan fingerprint density at radius 2 is 1.88 bits per heavy atom. The molecule has 0 saturated carbocycles. The lowest BCUT2D eigenvalue weighted by Gasteiger charge is -2.31. The molecule has 1 aliphatic rings. The molecule has 2 aromatic rings. The third-order valence-corrected chi connectivity index (χ3v) is 5.02. The van der Waals surface area contributed by atoms with Gasteiger partial charge in [-0.05, 0) is 49.4 Å². The molecule has 126 valence electrons. The summed E-state index contributed by atoms with van der Waals surface area (Å²) in [6.07, 6.45) is 6.33. The maximum atomic E-state index is 12.4. The van der Waals surface area contributed by atoms with Crippen LogP contribution in [0.15, 0.2) is 52.2 Å². The second kappa shape index (κ2) is 7.57. The molecule has 1 saturated heterocycles. The van der Waals surface area contributed by atoms with E-state index in [-0.39, 0.29) is 17.7 Å². The number of thioether (sulfide) groups is 1. The van der Waals surface area contributed by atoms with Gasteiger partial charge in [0.05, 0.1) is 11.8 Å². The predicted octanol–water partition coefficient (Wildman–Crippen LogP) is 3.49. The third kappa shape index (κ3) is 3.82. The first-order valence-electron chi connectivity index (χ1n) is 7.94. The monoisotopic (exact) mass is 344 g/mol. The normalized spacial score (nSPS) is 15.3. The molecule has 0 atom stereocenters. The van der Waals surface area contributed by atoms with E-state index in [1.165, 1.54) is 17.4 Å². The fourth-order valence-corrected chi connectivity index (χ4v) is 3.24. The van der Waals surface area contributed by atoms with E-state index in [1.807, 2.05) is 30.5 Å². The van der Waals surface area contributed by atoms with E-state index < -0.39 is 0 Å². The molecule has 0 bridgehead atoms. The van der Waals surface area contributed by atoms with E-state index in [2.05, 4.69) is 5.32 Å². The lowest BCUT2D eigenvalue weighted by atomic mass is 9.95. The molecule has 24 heavy (non-hydrogen) atoms. The molecule has 1 aliphatic heterocycles. The van der Waals surface area contributed by atoms with Crippen molar-refractivity contribution in [2.45, 2.75) is 17.7 Å². The van der Waals surface area contributed by atoms with Crippen LogP contribution in [0.1, 0.15) is 23.2 Å². The van der Waals surface area contributed by atoms with Gasteiger partial charge in [-0.1, -0.05) is 0 Å². The van der Waals surface area contributed by atoms with Crippen LogP contribution in [0.4, 0.5) is 5.69 Å². The van der Waals surface area contributed by atoms with Gasteiger partial charge in [-0.15, -0.1) is 11.8 Å². The van der Waals surface area contributed by atoms with E-state index in [0.717, 1.165) is 5.69 Å². The van der Waals surface area contributed by atoms with Crippen LogP contribution < -0.4 is 5.32 Å². The van der Waals surface area contributed by atoms with Crippen LogP contribution in [0.2, 0.25) is 0 Å². The van der Waals surface area contributed by atoms with E-state index >= 15 is 0 Å². The van der Waals surface area contributed by atoms with Gasteiger partial charge in [0.2, 0.25) is 5.91 Å². The maximum absolute atomic E-state index is 12.4. The Balaban J connectivity index is 1.52. The van der Waals surface area contributed by atoms with E-state index in [9.17, 15) is 9.59 Å². The summed E-state index contributed by atoms with van der Waals surface area (Å²) in [5, 5.41) is 2.97. The molecule has 3 rings (SSSR count). The van der Waals surface area contributed by atoms with Crippen molar-refractivity contribution in [1.82, 2.24) is 4.90 Å². The minimum Gasteiger partial charge on any atom is -0.472 e. The van der Waals surface area contributed by atoms with Crippen LogP contribution in [0.25, 0.3) is 0 Å². The summed E-state index contributed by atoms with van der Waals surface area (Å²) in [7, 11) is 0. The minimum absolute atomic E-state index is 0.0299. The summed E-state index contributed by atoms with van der Waals surface area (Å²) in [5.74, 6) is -0.0591. The predicted molar refractivity (Wildman–Crippen MR) is 94.2 cm³/mol. The third-order valence-electron chi connectivity index (χ3n) is 4.28. The van der Waals surface area contributed by atoms with Gasteiger partial charge in [-0.2, -0.15) is 0 Å². The molecule has 2 amide bonds. The quantitative estimate of drug-likeness (QED) is 0.863. The van der Waals surface area contributed by atoms with Gasteiger partial charge >= 0.3 is 0 Å². The number of furan rings is 1. The number of hydrogen-bond donors (Lipinski definition) is 1. The average molecular weight is 344 g/mol. The minimum atomic E-state index is -0.0568. The molecule has 1 N–H and O–H groups in total. The number of carbonyl (C=O) groups is 2. The SMILES string of the molecule is CSc1ccc(NC(=O)C2CCN(C(=O)c3ccoc3)CC2)cc1. The number of carbonyl (C=O) groups excluding carboxylic acids is 2. The van der Waals surface area contributed by atoms with Crippen molar-refractivity contribution in [3.8, 4) is 0 Å². The fraction of sp³-hybridized carbons (Fsp3) is 0.333. The first kappa shape index (κ1) is 16.6. The van der Waals surface area contributed by atoms with Crippen molar-refractivity contribution < 1.29 is 14.0 Å². The number of piperidine rings is 1. The molecule has 0 unspecified atom stereocenters. The summed E-state index contributed by atoms with van der Waals surface area (Å²) in [5.41, 5.74) is 1.38. The largest absolute Gasteiger partial charge is 0.472 e. The summed E-state index contributed by atoms with van der Waals surface area (Å²) in [6.45, 7) is 1.18. The highest BCUT2D eigenvalue weighted by Crippen LogP contribution is 2.22. The first-order chi connectivity index (χ1) is 11.7. The molecule has 6 heteroatoms. The van der Waals surface area contributed by atoms with Crippen molar-refractivity contribution in [2.75, 3.05) is 24.7 Å². The number of anilines is 1. The topological polar surface area (TPSA) is 62.6 Å². The molecule has 0 aliphatic carbocycles. The molecule has 2 heterocycles. The Morgan fingerprint density at radius 3 is 2.46 bits per heavy atom. The van der Waals surface area contributed by atoms with Crippen molar-refractivity contribution in [3.05, 3.63) is 48.4 Å². The molecule has 5 nitrogen and oxygen atoms in total. The molecule has 1 aromatic heterocycles. The first-order valence-corrected chi connectivity index (χ1v) is 9.16. The van der Waals surface area contributed by atoms with E-state index in [1.54, 1.807) is 22.7 Å². The smallest absolute Gasteiger partial charge is 0.257 e. The average Bonchev–Trinajstić information content (AvgIpc) is 3.16. The molecule has 1 aromatic carbocycles. The Bertz CT molecular complexity index is 690. The Morgan fingerprint density at radius 1 is 1.17 bits per heavy atom. The fourth-order valence-electron chi connectivity index (χ4n) is 2.83. The van der Waals surface area contributed by atoms with Crippen LogP contribution in [0.3, 0.4) is 0 Å².